The number of ketones is 1. The van der Waals surface area contributed by atoms with Gasteiger partial charge in [-0.2, -0.15) is 0 Å². The highest BCUT2D eigenvalue weighted by Gasteiger charge is 2.13. The Morgan fingerprint density at radius 1 is 1.24 bits per heavy atom. The number of rotatable bonds is 2. The first kappa shape index (κ1) is 10.3. The molecular weight excluding hydrogens is 230 g/mol. The monoisotopic (exact) mass is 241 g/mol. The molecule has 0 unspecified atom stereocenters. The third kappa shape index (κ3) is 1.68. The molecule has 0 aliphatic heterocycles. The summed E-state index contributed by atoms with van der Waals surface area (Å²) in [7, 11) is 0. The van der Waals surface area contributed by atoms with Crippen LogP contribution in [0.15, 0.2) is 41.8 Å². The van der Waals surface area contributed by atoms with E-state index >= 15 is 0 Å². The van der Waals surface area contributed by atoms with Crippen molar-refractivity contribution in [3.63, 3.8) is 0 Å². The number of fused-ring (bicyclic) bond motifs is 1. The van der Waals surface area contributed by atoms with Gasteiger partial charge in [-0.25, -0.2) is 0 Å². The van der Waals surface area contributed by atoms with Gasteiger partial charge in [0.2, 0.25) is 5.78 Å². The first-order valence-electron chi connectivity index (χ1n) is 5.42. The minimum absolute atomic E-state index is 0.0494. The number of thiophene rings is 1. The van der Waals surface area contributed by atoms with E-state index in [1.54, 1.807) is 11.3 Å². The molecule has 0 amide bonds. The number of nitrogens with one attached hydrogen (secondary N) is 1. The van der Waals surface area contributed by atoms with Crippen molar-refractivity contribution in [3.8, 4) is 0 Å². The van der Waals surface area contributed by atoms with Gasteiger partial charge in [-0.3, -0.25) is 4.79 Å². The summed E-state index contributed by atoms with van der Waals surface area (Å²) in [6.45, 7) is 2.06. The van der Waals surface area contributed by atoms with E-state index in [1.807, 2.05) is 36.4 Å². The SMILES string of the molecule is Cc1csc2[nH]c(C(=O)c3ccccc3)cc12. The van der Waals surface area contributed by atoms with Crippen molar-refractivity contribution in [1.29, 1.82) is 0 Å². The van der Waals surface area contributed by atoms with E-state index < -0.39 is 0 Å². The summed E-state index contributed by atoms with van der Waals surface area (Å²) < 4.78 is 0. The molecule has 0 spiro atoms. The summed E-state index contributed by atoms with van der Waals surface area (Å²) in [4.78, 5) is 16.5. The first-order chi connectivity index (χ1) is 8.25. The molecule has 0 radical (unpaired) electrons. The van der Waals surface area contributed by atoms with E-state index in [1.165, 1.54) is 5.56 Å². The van der Waals surface area contributed by atoms with Crippen molar-refractivity contribution in [1.82, 2.24) is 4.98 Å². The summed E-state index contributed by atoms with van der Waals surface area (Å²) in [6.07, 6.45) is 0. The van der Waals surface area contributed by atoms with E-state index in [2.05, 4.69) is 17.3 Å². The summed E-state index contributed by atoms with van der Waals surface area (Å²) >= 11 is 1.64. The Morgan fingerprint density at radius 3 is 2.71 bits per heavy atom. The maximum Gasteiger partial charge on any atom is 0.209 e. The van der Waals surface area contributed by atoms with Crippen LogP contribution in [-0.4, -0.2) is 10.8 Å². The molecule has 1 aromatic carbocycles. The molecule has 2 aromatic heterocycles. The van der Waals surface area contributed by atoms with Gasteiger partial charge in [-0.1, -0.05) is 30.3 Å². The second kappa shape index (κ2) is 3.86. The van der Waals surface area contributed by atoms with E-state index in [0.717, 1.165) is 15.8 Å². The van der Waals surface area contributed by atoms with Gasteiger partial charge in [-0.15, -0.1) is 11.3 Å². The molecule has 0 aliphatic carbocycles. The fraction of sp³-hybridized carbons (Fsp3) is 0.0714. The van der Waals surface area contributed by atoms with Crippen molar-refractivity contribution in [2.45, 2.75) is 6.92 Å². The zero-order valence-electron chi connectivity index (χ0n) is 9.36. The zero-order chi connectivity index (χ0) is 11.8. The number of carbonyl (C=O) groups is 1. The molecule has 0 atom stereocenters. The van der Waals surface area contributed by atoms with Gasteiger partial charge >= 0.3 is 0 Å². The predicted molar refractivity (Wildman–Crippen MR) is 70.8 cm³/mol. The van der Waals surface area contributed by atoms with Gasteiger partial charge in [0.05, 0.1) is 5.69 Å². The van der Waals surface area contributed by atoms with Gasteiger partial charge in [0, 0.05) is 10.9 Å². The van der Waals surface area contributed by atoms with Crippen LogP contribution < -0.4 is 0 Å². The third-order valence-corrected chi connectivity index (χ3v) is 3.87. The Bertz CT molecular complexity index is 679. The Hall–Kier alpha value is -1.87. The molecule has 2 nitrogen and oxygen atoms in total. The molecule has 0 aliphatic rings. The highest BCUT2D eigenvalue weighted by Crippen LogP contribution is 2.26. The fourth-order valence-electron chi connectivity index (χ4n) is 1.90. The lowest BCUT2D eigenvalue weighted by Crippen LogP contribution is -2.00. The van der Waals surface area contributed by atoms with Crippen LogP contribution in [-0.2, 0) is 0 Å². The average Bonchev–Trinajstić information content (AvgIpc) is 2.92. The predicted octanol–water partition coefficient (Wildman–Crippen LogP) is 3.77. The third-order valence-electron chi connectivity index (χ3n) is 2.84. The molecule has 84 valence electrons. The van der Waals surface area contributed by atoms with E-state index in [0.29, 0.717) is 5.69 Å². The van der Waals surface area contributed by atoms with E-state index in [9.17, 15) is 4.79 Å². The Labute approximate surface area is 103 Å². The van der Waals surface area contributed by atoms with Crippen LogP contribution in [0, 0.1) is 6.92 Å². The van der Waals surface area contributed by atoms with Crippen molar-refractivity contribution >= 4 is 27.3 Å². The summed E-state index contributed by atoms with van der Waals surface area (Å²) in [5, 5.41) is 3.24. The Kier molecular flexibility index (Phi) is 2.34. The lowest BCUT2D eigenvalue weighted by Gasteiger charge is -1.96. The second-order valence-electron chi connectivity index (χ2n) is 4.04. The standard InChI is InChI=1S/C14H11NOS/c1-9-8-17-14-11(9)7-12(15-14)13(16)10-5-3-2-4-6-10/h2-8,15H,1H3. The van der Waals surface area contributed by atoms with E-state index in [-0.39, 0.29) is 5.78 Å². The normalized spacial score (nSPS) is 10.9. The first-order valence-corrected chi connectivity index (χ1v) is 6.30. The van der Waals surface area contributed by atoms with Gasteiger partial charge in [-0.05, 0) is 23.9 Å². The molecule has 1 N–H and O–H groups in total. The Morgan fingerprint density at radius 2 is 2.00 bits per heavy atom. The van der Waals surface area contributed by atoms with Crippen molar-refractivity contribution in [2.75, 3.05) is 0 Å². The number of hydrogen-bond acceptors (Lipinski definition) is 2. The molecule has 3 aromatic rings. The molecular formula is C14H11NOS. The minimum atomic E-state index is 0.0494. The number of aromatic nitrogens is 1. The van der Waals surface area contributed by atoms with Crippen LogP contribution in [0.4, 0.5) is 0 Å². The summed E-state index contributed by atoms with van der Waals surface area (Å²) in [5.41, 5.74) is 2.61. The topological polar surface area (TPSA) is 32.9 Å². The van der Waals surface area contributed by atoms with Crippen molar-refractivity contribution < 1.29 is 4.79 Å². The average molecular weight is 241 g/mol. The highest BCUT2D eigenvalue weighted by atomic mass is 32.1. The molecule has 0 bridgehead atoms. The molecule has 2 heterocycles. The quantitative estimate of drug-likeness (QED) is 0.681. The number of benzene rings is 1. The van der Waals surface area contributed by atoms with E-state index in [4.69, 9.17) is 0 Å². The largest absolute Gasteiger partial charge is 0.344 e. The second-order valence-corrected chi connectivity index (χ2v) is 4.92. The Balaban J connectivity index is 2.07. The molecule has 3 rings (SSSR count). The molecule has 0 saturated heterocycles. The smallest absolute Gasteiger partial charge is 0.209 e. The van der Waals surface area contributed by atoms with Crippen molar-refractivity contribution in [3.05, 3.63) is 58.6 Å². The fourth-order valence-corrected chi connectivity index (χ4v) is 2.84. The number of H-pyrrole nitrogens is 1. The molecule has 0 saturated carbocycles. The van der Waals surface area contributed by atoms with Crippen LogP contribution in [0.5, 0.6) is 0 Å². The van der Waals surface area contributed by atoms with Crippen molar-refractivity contribution in [2.24, 2.45) is 0 Å². The lowest BCUT2D eigenvalue weighted by molar-refractivity contribution is 0.103. The van der Waals surface area contributed by atoms with Crippen LogP contribution in [0.1, 0.15) is 21.6 Å². The number of aryl methyl sites for hydroxylation is 1. The molecule has 3 heteroatoms. The molecule has 0 fully saturated rings. The lowest BCUT2D eigenvalue weighted by atomic mass is 10.1. The van der Waals surface area contributed by atoms with Gasteiger partial charge in [0.15, 0.2) is 0 Å². The minimum Gasteiger partial charge on any atom is -0.344 e. The number of hydrogen-bond donors (Lipinski definition) is 1. The summed E-state index contributed by atoms with van der Waals surface area (Å²) in [5.74, 6) is 0.0494. The number of carbonyl (C=O) groups excluding carboxylic acids is 1. The maximum atomic E-state index is 12.2. The van der Waals surface area contributed by atoms with Crippen LogP contribution >= 0.6 is 11.3 Å². The van der Waals surface area contributed by atoms with Gasteiger partial charge < -0.3 is 4.98 Å². The molecule has 17 heavy (non-hydrogen) atoms. The zero-order valence-corrected chi connectivity index (χ0v) is 10.2. The maximum absolute atomic E-state index is 12.2. The van der Waals surface area contributed by atoms with Gasteiger partial charge in [0.1, 0.15) is 4.83 Å². The van der Waals surface area contributed by atoms with Gasteiger partial charge in [0.25, 0.3) is 0 Å². The summed E-state index contributed by atoms with van der Waals surface area (Å²) in [6, 6.07) is 11.3. The van der Waals surface area contributed by atoms with Crippen LogP contribution in [0.25, 0.3) is 10.2 Å². The van der Waals surface area contributed by atoms with Crippen LogP contribution in [0.2, 0.25) is 0 Å². The number of aromatic amines is 1. The highest BCUT2D eigenvalue weighted by molar-refractivity contribution is 7.17. The van der Waals surface area contributed by atoms with Crippen LogP contribution in [0.3, 0.4) is 0 Å².